The van der Waals surface area contributed by atoms with Gasteiger partial charge in [0.2, 0.25) is 0 Å². The minimum Gasteiger partial charge on any atom is -0.301 e. The maximum absolute atomic E-state index is 2.81. The maximum Gasteiger partial charge on any atom is 0.0218 e. The zero-order valence-electron chi connectivity index (χ0n) is 24.3. The highest BCUT2D eigenvalue weighted by atomic mass is 32.2. The summed E-state index contributed by atoms with van der Waals surface area (Å²) in [5.41, 5.74) is 0. The number of likely N-dealkylation sites (N-methyl/N-ethyl adjacent to an activating group) is 1. The van der Waals surface area contributed by atoms with Gasteiger partial charge in [0, 0.05) is 77.5 Å². The Labute approximate surface area is 228 Å². The maximum atomic E-state index is 2.81. The van der Waals surface area contributed by atoms with Crippen LogP contribution in [-0.4, -0.2) is 145 Å². The van der Waals surface area contributed by atoms with Crippen molar-refractivity contribution in [3.8, 4) is 0 Å². The molecule has 210 valence electrons. The van der Waals surface area contributed by atoms with E-state index in [9.17, 15) is 0 Å². The predicted molar refractivity (Wildman–Crippen MR) is 157 cm³/mol. The van der Waals surface area contributed by atoms with E-state index in [2.05, 4.69) is 55.8 Å². The van der Waals surface area contributed by atoms with Crippen LogP contribution in [0.2, 0.25) is 0 Å². The van der Waals surface area contributed by atoms with Crippen molar-refractivity contribution in [1.29, 1.82) is 0 Å². The van der Waals surface area contributed by atoms with E-state index in [4.69, 9.17) is 0 Å². The molecule has 2 atom stereocenters. The van der Waals surface area contributed by atoms with Crippen molar-refractivity contribution in [1.82, 2.24) is 28.8 Å². The predicted octanol–water partition coefficient (Wildman–Crippen LogP) is 3.50. The fourth-order valence-electron chi connectivity index (χ4n) is 7.11. The Bertz CT molecular complexity index is 539. The molecule has 0 radical (unpaired) electrons. The van der Waals surface area contributed by atoms with Gasteiger partial charge in [-0.25, -0.2) is 4.31 Å². The van der Waals surface area contributed by atoms with Crippen molar-refractivity contribution in [2.45, 2.75) is 71.4 Å². The summed E-state index contributed by atoms with van der Waals surface area (Å²) in [5.74, 6) is 1.85. The van der Waals surface area contributed by atoms with Crippen molar-refractivity contribution in [3.05, 3.63) is 0 Å². The normalized spacial score (nSPS) is 28.0. The molecule has 2 unspecified atom stereocenters. The van der Waals surface area contributed by atoms with Crippen LogP contribution in [0, 0.1) is 11.8 Å². The first kappa shape index (κ1) is 29.1. The SMILES string of the molecule is CCN1CCN(CC2CCN(C(C)CCC(C)N3CCC(CN4CCN(SC)CC4)CC3)CC2)CC1. The van der Waals surface area contributed by atoms with Crippen LogP contribution in [0.3, 0.4) is 0 Å². The van der Waals surface area contributed by atoms with Gasteiger partial charge in [-0.15, -0.1) is 0 Å². The van der Waals surface area contributed by atoms with E-state index in [1.165, 1.54) is 137 Å². The number of piperidine rings is 2. The molecule has 4 aliphatic heterocycles. The minimum absolute atomic E-state index is 0.748. The van der Waals surface area contributed by atoms with E-state index in [1.807, 2.05) is 11.9 Å². The highest BCUT2D eigenvalue weighted by Gasteiger charge is 2.28. The van der Waals surface area contributed by atoms with Crippen molar-refractivity contribution in [2.24, 2.45) is 11.8 Å². The number of rotatable bonds is 11. The third-order valence-electron chi connectivity index (χ3n) is 10.1. The molecule has 0 N–H and O–H groups in total. The number of piperazine rings is 2. The Morgan fingerprint density at radius 1 is 0.583 bits per heavy atom. The molecule has 4 heterocycles. The summed E-state index contributed by atoms with van der Waals surface area (Å²) in [6.45, 7) is 26.6. The highest BCUT2D eigenvalue weighted by Crippen LogP contribution is 2.25. The zero-order valence-corrected chi connectivity index (χ0v) is 25.1. The van der Waals surface area contributed by atoms with E-state index in [-0.39, 0.29) is 0 Å². The lowest BCUT2D eigenvalue weighted by atomic mass is 9.93. The van der Waals surface area contributed by atoms with Gasteiger partial charge in [0.1, 0.15) is 0 Å². The fraction of sp³-hybridized carbons (Fsp3) is 1.00. The standard InChI is InChI=1S/C29H58N6S/c1-5-30-16-18-31(19-17-30)24-28-8-12-33(13-9-28)26(2)6-7-27(3)34-14-10-29(11-15-34)25-32-20-22-35(36-4)23-21-32/h26-29H,5-25H2,1-4H3. The van der Waals surface area contributed by atoms with Gasteiger partial charge in [-0.2, -0.15) is 0 Å². The first-order valence-corrected chi connectivity index (χ1v) is 16.7. The van der Waals surface area contributed by atoms with Crippen molar-refractivity contribution < 1.29 is 0 Å². The number of nitrogens with zero attached hydrogens (tertiary/aromatic N) is 6. The zero-order chi connectivity index (χ0) is 25.3. The molecular weight excluding hydrogens is 464 g/mol. The molecule has 7 heteroatoms. The van der Waals surface area contributed by atoms with Gasteiger partial charge in [-0.3, -0.25) is 0 Å². The second-order valence-corrected chi connectivity index (χ2v) is 13.3. The molecule has 6 nitrogen and oxygen atoms in total. The second kappa shape index (κ2) is 15.0. The molecule has 0 bridgehead atoms. The molecule has 0 aromatic heterocycles. The van der Waals surface area contributed by atoms with Crippen molar-refractivity contribution in [3.63, 3.8) is 0 Å². The molecule has 0 aromatic rings. The second-order valence-electron chi connectivity index (χ2n) is 12.4. The molecule has 36 heavy (non-hydrogen) atoms. The summed E-state index contributed by atoms with van der Waals surface area (Å²) in [7, 11) is 0. The van der Waals surface area contributed by atoms with Crippen LogP contribution in [0.1, 0.15) is 59.3 Å². The molecule has 0 saturated carbocycles. The molecule has 0 aliphatic carbocycles. The van der Waals surface area contributed by atoms with E-state index in [0.29, 0.717) is 0 Å². The van der Waals surface area contributed by atoms with E-state index in [0.717, 1.165) is 23.9 Å². The Morgan fingerprint density at radius 3 is 1.36 bits per heavy atom. The Morgan fingerprint density at radius 2 is 0.972 bits per heavy atom. The molecule has 4 fully saturated rings. The Hall–Kier alpha value is 0.110. The van der Waals surface area contributed by atoms with Crippen LogP contribution in [0.5, 0.6) is 0 Å². The smallest absolute Gasteiger partial charge is 0.0218 e. The average Bonchev–Trinajstić information content (AvgIpc) is 2.93. The molecule has 4 rings (SSSR count). The molecule has 0 amide bonds. The molecule has 4 aliphatic rings. The van der Waals surface area contributed by atoms with Gasteiger partial charge < -0.3 is 24.5 Å². The number of hydrogen-bond acceptors (Lipinski definition) is 7. The number of likely N-dealkylation sites (tertiary alicyclic amines) is 2. The van der Waals surface area contributed by atoms with Crippen LogP contribution in [-0.2, 0) is 0 Å². The van der Waals surface area contributed by atoms with Gasteiger partial charge >= 0.3 is 0 Å². The Balaban J connectivity index is 1.06. The van der Waals surface area contributed by atoms with Crippen LogP contribution in [0.25, 0.3) is 0 Å². The lowest BCUT2D eigenvalue weighted by Gasteiger charge is -2.41. The first-order valence-electron chi connectivity index (χ1n) is 15.5. The van der Waals surface area contributed by atoms with Crippen molar-refractivity contribution >= 4 is 11.9 Å². The van der Waals surface area contributed by atoms with Crippen LogP contribution < -0.4 is 0 Å². The van der Waals surface area contributed by atoms with Gasteiger partial charge in [0.05, 0.1) is 0 Å². The summed E-state index contributed by atoms with van der Waals surface area (Å²) in [6, 6.07) is 1.50. The Kier molecular flexibility index (Phi) is 12.2. The summed E-state index contributed by atoms with van der Waals surface area (Å²) in [5, 5.41) is 0. The summed E-state index contributed by atoms with van der Waals surface area (Å²) >= 11 is 1.91. The number of hydrogen-bond donors (Lipinski definition) is 0. The van der Waals surface area contributed by atoms with Crippen LogP contribution in [0.15, 0.2) is 0 Å². The van der Waals surface area contributed by atoms with Gasteiger partial charge in [-0.05, 0) is 103 Å². The molecule has 0 aromatic carbocycles. The van der Waals surface area contributed by atoms with E-state index >= 15 is 0 Å². The van der Waals surface area contributed by atoms with E-state index in [1.54, 1.807) is 0 Å². The van der Waals surface area contributed by atoms with Crippen LogP contribution in [0.4, 0.5) is 0 Å². The quantitative estimate of drug-likeness (QED) is 0.382. The third-order valence-corrected chi connectivity index (χ3v) is 11.0. The monoisotopic (exact) mass is 522 g/mol. The van der Waals surface area contributed by atoms with Gasteiger partial charge in [-0.1, -0.05) is 18.9 Å². The lowest BCUT2D eigenvalue weighted by Crippen LogP contribution is -2.49. The summed E-state index contributed by atoms with van der Waals surface area (Å²) in [6.07, 6.45) is 10.6. The largest absolute Gasteiger partial charge is 0.301 e. The van der Waals surface area contributed by atoms with Crippen molar-refractivity contribution in [2.75, 3.05) is 104 Å². The molecular formula is C29H58N6S. The average molecular weight is 523 g/mol. The summed E-state index contributed by atoms with van der Waals surface area (Å²) < 4.78 is 2.51. The van der Waals surface area contributed by atoms with Crippen LogP contribution >= 0.6 is 11.9 Å². The van der Waals surface area contributed by atoms with Gasteiger partial charge in [0.15, 0.2) is 0 Å². The molecule has 0 spiro atoms. The first-order chi connectivity index (χ1) is 17.5. The topological polar surface area (TPSA) is 19.4 Å². The summed E-state index contributed by atoms with van der Waals surface area (Å²) in [4.78, 5) is 13.7. The highest BCUT2D eigenvalue weighted by molar-refractivity contribution is 7.96. The van der Waals surface area contributed by atoms with E-state index < -0.39 is 0 Å². The minimum atomic E-state index is 0.748. The fourth-order valence-corrected chi connectivity index (χ4v) is 7.64. The third kappa shape index (κ3) is 8.82. The molecule has 4 saturated heterocycles. The lowest BCUT2D eigenvalue weighted by molar-refractivity contribution is 0.0772. The van der Waals surface area contributed by atoms with Gasteiger partial charge in [0.25, 0.3) is 0 Å².